The number of tetrazole rings is 1. The number of amides is 2. The molecule has 10 heteroatoms. The van der Waals surface area contributed by atoms with Gasteiger partial charge in [-0.15, -0.1) is 5.10 Å². The highest BCUT2D eigenvalue weighted by Gasteiger charge is 2.38. The molecular weight excluding hydrogens is 398 g/mol. The average molecular weight is 436 g/mol. The molecule has 2 aliphatic rings. The first-order valence-corrected chi connectivity index (χ1v) is 11.8. The van der Waals surface area contributed by atoms with Crippen LogP contribution in [0.1, 0.15) is 70.7 Å². The third kappa shape index (κ3) is 6.00. The van der Waals surface area contributed by atoms with Crippen LogP contribution in [0, 0.1) is 11.8 Å². The van der Waals surface area contributed by atoms with Crippen LogP contribution >= 0.6 is 0 Å². The van der Waals surface area contributed by atoms with Crippen LogP contribution in [0.25, 0.3) is 0 Å². The summed E-state index contributed by atoms with van der Waals surface area (Å²) in [5.41, 5.74) is 0. The molecule has 0 unspecified atom stereocenters. The smallest absolute Gasteiger partial charge is 0.233 e. The van der Waals surface area contributed by atoms with Crippen LogP contribution in [-0.4, -0.2) is 85.3 Å². The number of carbonyl (C=O) groups excluding carboxylic acids is 2. The van der Waals surface area contributed by atoms with Gasteiger partial charge in [-0.3, -0.25) is 14.8 Å². The van der Waals surface area contributed by atoms with E-state index in [9.17, 15) is 14.8 Å². The van der Waals surface area contributed by atoms with Crippen molar-refractivity contribution < 1.29 is 14.8 Å². The Bertz CT molecular complexity index is 703. The van der Waals surface area contributed by atoms with Gasteiger partial charge in [0.2, 0.25) is 12.3 Å². The zero-order chi connectivity index (χ0) is 22.2. The second-order valence-electron chi connectivity index (χ2n) is 8.79. The summed E-state index contributed by atoms with van der Waals surface area (Å²) in [5, 5.41) is 22.8. The van der Waals surface area contributed by atoms with E-state index in [2.05, 4.69) is 34.3 Å². The second kappa shape index (κ2) is 11.5. The Labute approximate surface area is 184 Å². The molecule has 0 radical (unpaired) electrons. The van der Waals surface area contributed by atoms with Crippen molar-refractivity contribution in [2.24, 2.45) is 11.8 Å². The molecule has 1 aromatic rings. The molecule has 1 N–H and O–H groups in total. The molecule has 2 heterocycles. The van der Waals surface area contributed by atoms with Crippen LogP contribution in [0.3, 0.4) is 0 Å². The van der Waals surface area contributed by atoms with Gasteiger partial charge in [0, 0.05) is 13.1 Å². The summed E-state index contributed by atoms with van der Waals surface area (Å²) in [4.78, 5) is 28.7. The Morgan fingerprint density at radius 2 is 1.97 bits per heavy atom. The highest BCUT2D eigenvalue weighted by molar-refractivity contribution is 5.80. The monoisotopic (exact) mass is 435 g/mol. The summed E-state index contributed by atoms with van der Waals surface area (Å²) in [6.45, 7) is 8.44. The number of hydrogen-bond donors (Lipinski definition) is 1. The molecular formula is C21H37N7O3. The molecule has 3 rings (SSSR count). The van der Waals surface area contributed by atoms with Gasteiger partial charge in [0.05, 0.1) is 25.0 Å². The van der Waals surface area contributed by atoms with Crippen molar-refractivity contribution in [1.82, 2.24) is 35.1 Å². The number of hydroxylamine groups is 2. The molecule has 1 aliphatic heterocycles. The Balaban J connectivity index is 1.72. The maximum Gasteiger partial charge on any atom is 0.233 e. The molecule has 31 heavy (non-hydrogen) atoms. The van der Waals surface area contributed by atoms with E-state index in [4.69, 9.17) is 0 Å². The lowest BCUT2D eigenvalue weighted by Crippen LogP contribution is -2.42. The van der Waals surface area contributed by atoms with Crippen molar-refractivity contribution in [3.63, 3.8) is 0 Å². The normalized spacial score (nSPS) is 20.5. The SMILES string of the molecule is CCN(CC)CCn1nnnc1[C@@H]1CCCN1C(=O)[C@@H](CC1CCCC1)CN(O)C=O. The highest BCUT2D eigenvalue weighted by Crippen LogP contribution is 2.35. The van der Waals surface area contributed by atoms with Crippen molar-refractivity contribution >= 4 is 12.3 Å². The van der Waals surface area contributed by atoms with Crippen molar-refractivity contribution in [3.05, 3.63) is 5.82 Å². The number of aromatic nitrogens is 4. The van der Waals surface area contributed by atoms with Gasteiger partial charge in [0.15, 0.2) is 5.82 Å². The van der Waals surface area contributed by atoms with E-state index >= 15 is 0 Å². The molecule has 1 aromatic heterocycles. The standard InChI is InChI=1S/C21H37N7O3/c1-3-25(4-2)12-13-28-20(22-23-24-28)19-10-7-11-27(19)21(30)18(15-26(31)16-29)14-17-8-5-6-9-17/h16-19,31H,3-15H2,1-2H3/t18-,19-/m0/s1. The fourth-order valence-electron chi connectivity index (χ4n) is 5.09. The molecule has 1 aliphatic carbocycles. The highest BCUT2D eigenvalue weighted by atomic mass is 16.5. The zero-order valence-corrected chi connectivity index (χ0v) is 18.9. The van der Waals surface area contributed by atoms with Crippen molar-refractivity contribution in [2.45, 2.75) is 71.4 Å². The number of rotatable bonds is 12. The fraction of sp³-hybridized carbons (Fsp3) is 0.857. The van der Waals surface area contributed by atoms with Crippen LogP contribution in [0.4, 0.5) is 0 Å². The summed E-state index contributed by atoms with van der Waals surface area (Å²) in [6, 6.07) is -0.159. The topological polar surface area (TPSA) is 108 Å². The largest absolute Gasteiger partial charge is 0.332 e. The fourth-order valence-corrected chi connectivity index (χ4v) is 5.09. The van der Waals surface area contributed by atoms with E-state index in [1.54, 1.807) is 0 Å². The summed E-state index contributed by atoms with van der Waals surface area (Å²) >= 11 is 0. The first-order valence-electron chi connectivity index (χ1n) is 11.8. The van der Waals surface area contributed by atoms with Gasteiger partial charge in [-0.2, -0.15) is 0 Å². The quantitative estimate of drug-likeness (QED) is 0.303. The number of hydrogen-bond acceptors (Lipinski definition) is 7. The number of likely N-dealkylation sites (tertiary alicyclic amines) is 1. The summed E-state index contributed by atoms with van der Waals surface area (Å²) in [7, 11) is 0. The molecule has 2 amide bonds. The summed E-state index contributed by atoms with van der Waals surface area (Å²) in [5.74, 6) is 0.802. The minimum atomic E-state index is -0.404. The lowest BCUT2D eigenvalue weighted by molar-refractivity contribution is -0.157. The molecule has 0 aromatic carbocycles. The van der Waals surface area contributed by atoms with Gasteiger partial charge in [-0.1, -0.05) is 39.5 Å². The lowest BCUT2D eigenvalue weighted by atomic mass is 9.91. The molecule has 0 spiro atoms. The van der Waals surface area contributed by atoms with E-state index in [1.807, 2.05) is 9.58 Å². The Kier molecular flexibility index (Phi) is 8.77. The summed E-state index contributed by atoms with van der Waals surface area (Å²) < 4.78 is 1.82. The van der Waals surface area contributed by atoms with Gasteiger partial charge < -0.3 is 9.80 Å². The molecule has 2 fully saturated rings. The maximum absolute atomic E-state index is 13.5. The third-order valence-corrected chi connectivity index (χ3v) is 6.89. The van der Waals surface area contributed by atoms with E-state index in [0.29, 0.717) is 36.9 Å². The zero-order valence-electron chi connectivity index (χ0n) is 18.9. The van der Waals surface area contributed by atoms with Gasteiger partial charge in [-0.25, -0.2) is 9.75 Å². The van der Waals surface area contributed by atoms with Crippen molar-refractivity contribution in [1.29, 1.82) is 0 Å². The molecule has 1 saturated heterocycles. The van der Waals surface area contributed by atoms with Gasteiger partial charge in [0.1, 0.15) is 0 Å². The number of likely N-dealkylation sites (N-methyl/N-ethyl adjacent to an activating group) is 1. The predicted molar refractivity (Wildman–Crippen MR) is 114 cm³/mol. The first-order chi connectivity index (χ1) is 15.1. The maximum atomic E-state index is 13.5. The number of nitrogens with zero attached hydrogens (tertiary/aromatic N) is 7. The lowest BCUT2D eigenvalue weighted by Gasteiger charge is -2.30. The van der Waals surface area contributed by atoms with Crippen molar-refractivity contribution in [2.75, 3.05) is 32.7 Å². The van der Waals surface area contributed by atoms with Crippen molar-refractivity contribution in [3.8, 4) is 0 Å². The Morgan fingerprint density at radius 3 is 2.65 bits per heavy atom. The molecule has 174 valence electrons. The van der Waals surface area contributed by atoms with Crippen LogP contribution in [0.2, 0.25) is 0 Å². The van der Waals surface area contributed by atoms with Crippen LogP contribution in [0.15, 0.2) is 0 Å². The van der Waals surface area contributed by atoms with Gasteiger partial charge >= 0.3 is 0 Å². The van der Waals surface area contributed by atoms with Crippen LogP contribution in [0.5, 0.6) is 0 Å². The predicted octanol–water partition coefficient (Wildman–Crippen LogP) is 1.72. The van der Waals surface area contributed by atoms with Gasteiger partial charge in [0.25, 0.3) is 0 Å². The second-order valence-corrected chi connectivity index (χ2v) is 8.79. The van der Waals surface area contributed by atoms with E-state index in [0.717, 1.165) is 51.1 Å². The Morgan fingerprint density at radius 1 is 1.23 bits per heavy atom. The molecule has 10 nitrogen and oxygen atoms in total. The van der Waals surface area contributed by atoms with Crippen LogP contribution in [-0.2, 0) is 16.1 Å². The van der Waals surface area contributed by atoms with Gasteiger partial charge in [-0.05, 0) is 48.7 Å². The van der Waals surface area contributed by atoms with E-state index < -0.39 is 5.92 Å². The first kappa shape index (κ1) is 23.6. The minimum absolute atomic E-state index is 0.00593. The minimum Gasteiger partial charge on any atom is -0.332 e. The number of carbonyl (C=O) groups is 2. The van der Waals surface area contributed by atoms with E-state index in [-0.39, 0.29) is 18.5 Å². The van der Waals surface area contributed by atoms with Crippen LogP contribution < -0.4 is 0 Å². The molecule has 1 saturated carbocycles. The molecule has 2 atom stereocenters. The summed E-state index contributed by atoms with van der Waals surface area (Å²) in [6.07, 6.45) is 7.41. The Hall–Kier alpha value is -2.07. The average Bonchev–Trinajstić information content (AvgIpc) is 3.54. The molecule has 0 bridgehead atoms. The van der Waals surface area contributed by atoms with E-state index in [1.165, 1.54) is 12.8 Å². The third-order valence-electron chi connectivity index (χ3n) is 6.89.